The first-order valence-corrected chi connectivity index (χ1v) is 7.07. The number of amides is 1. The van der Waals surface area contributed by atoms with Gasteiger partial charge in [-0.15, -0.1) is 0 Å². The summed E-state index contributed by atoms with van der Waals surface area (Å²) in [5.41, 5.74) is 0.892. The van der Waals surface area contributed by atoms with Crippen molar-refractivity contribution in [1.29, 1.82) is 0 Å². The average molecular weight is 307 g/mol. The normalized spacial score (nSPS) is 12.8. The molecular weight excluding hydrogens is 286 g/mol. The fraction of sp³-hybridized carbons (Fsp3) is 0.438. The van der Waals surface area contributed by atoms with E-state index < -0.39 is 17.9 Å². The molecule has 1 amide bonds. The van der Waals surface area contributed by atoms with Crippen LogP contribution in [0.4, 0.5) is 0 Å². The fourth-order valence-electron chi connectivity index (χ4n) is 1.98. The zero-order valence-corrected chi connectivity index (χ0v) is 12.8. The van der Waals surface area contributed by atoms with Gasteiger partial charge in [0, 0.05) is 19.4 Å². The first-order chi connectivity index (χ1) is 10.5. The van der Waals surface area contributed by atoms with Crippen LogP contribution in [-0.4, -0.2) is 31.0 Å². The van der Waals surface area contributed by atoms with E-state index in [-0.39, 0.29) is 19.1 Å². The highest BCUT2D eigenvalue weighted by Crippen LogP contribution is 2.12. The lowest BCUT2D eigenvalue weighted by atomic mass is 9.99. The van der Waals surface area contributed by atoms with Crippen molar-refractivity contribution in [3.63, 3.8) is 0 Å². The first kappa shape index (κ1) is 17.7. The molecule has 0 spiro atoms. The molecule has 6 heteroatoms. The highest BCUT2D eigenvalue weighted by molar-refractivity contribution is 5.76. The molecule has 0 radical (unpaired) electrons. The second-order valence-electron chi connectivity index (χ2n) is 4.94. The van der Waals surface area contributed by atoms with E-state index in [0.717, 1.165) is 5.56 Å². The lowest BCUT2D eigenvalue weighted by molar-refractivity contribution is -0.150. The zero-order valence-electron chi connectivity index (χ0n) is 12.8. The maximum absolute atomic E-state index is 12.1. The van der Waals surface area contributed by atoms with Crippen molar-refractivity contribution in [2.45, 2.75) is 32.9 Å². The van der Waals surface area contributed by atoms with Gasteiger partial charge < -0.3 is 14.8 Å². The lowest BCUT2D eigenvalue weighted by Crippen LogP contribution is -2.42. The van der Waals surface area contributed by atoms with Crippen LogP contribution in [0.5, 0.6) is 0 Å². The van der Waals surface area contributed by atoms with E-state index in [0.29, 0.717) is 12.9 Å². The van der Waals surface area contributed by atoms with Crippen molar-refractivity contribution in [2.24, 2.45) is 5.92 Å². The molecule has 0 saturated carbocycles. The maximum atomic E-state index is 12.1. The van der Waals surface area contributed by atoms with Gasteiger partial charge in [-0.1, -0.05) is 30.3 Å². The van der Waals surface area contributed by atoms with Gasteiger partial charge in [0.05, 0.1) is 12.5 Å². The van der Waals surface area contributed by atoms with Crippen molar-refractivity contribution >= 4 is 18.3 Å². The van der Waals surface area contributed by atoms with Crippen LogP contribution in [0.2, 0.25) is 0 Å². The largest absolute Gasteiger partial charge is 0.468 e. The molecule has 120 valence electrons. The molecule has 0 aliphatic rings. The fourth-order valence-corrected chi connectivity index (χ4v) is 1.98. The SMILES string of the molecule is CC(=O)NC(CCOC=O)C(C)C(=O)OCc1ccccc1. The van der Waals surface area contributed by atoms with E-state index in [4.69, 9.17) is 4.74 Å². The highest BCUT2D eigenvalue weighted by atomic mass is 16.5. The number of benzene rings is 1. The van der Waals surface area contributed by atoms with Crippen LogP contribution in [0.25, 0.3) is 0 Å². The Kier molecular flexibility index (Phi) is 7.67. The molecule has 1 aromatic carbocycles. The van der Waals surface area contributed by atoms with Crippen molar-refractivity contribution in [2.75, 3.05) is 6.61 Å². The molecule has 0 fully saturated rings. The van der Waals surface area contributed by atoms with E-state index in [1.54, 1.807) is 6.92 Å². The molecule has 2 atom stereocenters. The minimum absolute atomic E-state index is 0.130. The van der Waals surface area contributed by atoms with Gasteiger partial charge in [-0.3, -0.25) is 14.4 Å². The van der Waals surface area contributed by atoms with Gasteiger partial charge in [0.2, 0.25) is 5.91 Å². The predicted octanol–water partition coefficient (Wildman–Crippen LogP) is 1.43. The third-order valence-corrected chi connectivity index (χ3v) is 3.20. The number of hydrogen-bond acceptors (Lipinski definition) is 5. The summed E-state index contributed by atoms with van der Waals surface area (Å²) in [4.78, 5) is 33.5. The van der Waals surface area contributed by atoms with Gasteiger partial charge in [0.25, 0.3) is 6.47 Å². The van der Waals surface area contributed by atoms with Crippen LogP contribution in [-0.2, 0) is 30.5 Å². The summed E-state index contributed by atoms with van der Waals surface area (Å²) in [5.74, 6) is -1.20. The second kappa shape index (κ2) is 9.55. The van der Waals surface area contributed by atoms with E-state index in [1.165, 1.54) is 6.92 Å². The third-order valence-electron chi connectivity index (χ3n) is 3.20. The summed E-state index contributed by atoms with van der Waals surface area (Å²) < 4.78 is 9.88. The number of carbonyl (C=O) groups is 3. The van der Waals surface area contributed by atoms with Gasteiger partial charge in [-0.05, 0) is 12.5 Å². The molecule has 0 aliphatic heterocycles. The minimum Gasteiger partial charge on any atom is -0.468 e. The summed E-state index contributed by atoms with van der Waals surface area (Å²) in [6.07, 6.45) is 0.347. The van der Waals surface area contributed by atoms with Crippen molar-refractivity contribution in [3.8, 4) is 0 Å². The van der Waals surface area contributed by atoms with Crippen LogP contribution >= 0.6 is 0 Å². The Balaban J connectivity index is 2.54. The van der Waals surface area contributed by atoms with E-state index in [9.17, 15) is 14.4 Å². The molecule has 0 aromatic heterocycles. The predicted molar refractivity (Wildman–Crippen MR) is 79.6 cm³/mol. The number of nitrogens with one attached hydrogen (secondary N) is 1. The van der Waals surface area contributed by atoms with Gasteiger partial charge in [-0.25, -0.2) is 0 Å². The summed E-state index contributed by atoms with van der Waals surface area (Å²) >= 11 is 0. The molecule has 0 saturated heterocycles. The average Bonchev–Trinajstić information content (AvgIpc) is 2.51. The lowest BCUT2D eigenvalue weighted by Gasteiger charge is -2.23. The van der Waals surface area contributed by atoms with Crippen LogP contribution in [0, 0.1) is 5.92 Å². The molecule has 0 aliphatic carbocycles. The van der Waals surface area contributed by atoms with Gasteiger partial charge in [0.15, 0.2) is 0 Å². The first-order valence-electron chi connectivity index (χ1n) is 7.07. The number of hydrogen-bond donors (Lipinski definition) is 1. The smallest absolute Gasteiger partial charge is 0.311 e. The maximum Gasteiger partial charge on any atom is 0.311 e. The third kappa shape index (κ3) is 6.39. The quantitative estimate of drug-likeness (QED) is 0.424. The molecule has 22 heavy (non-hydrogen) atoms. The topological polar surface area (TPSA) is 81.7 Å². The number of carbonyl (C=O) groups excluding carboxylic acids is 3. The number of ether oxygens (including phenoxy) is 2. The molecule has 0 heterocycles. The van der Waals surface area contributed by atoms with Crippen LogP contribution in [0.15, 0.2) is 30.3 Å². The second-order valence-corrected chi connectivity index (χ2v) is 4.94. The molecule has 1 rings (SSSR count). The number of rotatable bonds is 9. The summed E-state index contributed by atoms with van der Waals surface area (Å²) in [7, 11) is 0. The molecule has 0 bridgehead atoms. The monoisotopic (exact) mass is 307 g/mol. The molecule has 1 N–H and O–H groups in total. The van der Waals surface area contributed by atoms with Crippen LogP contribution in [0.1, 0.15) is 25.8 Å². The van der Waals surface area contributed by atoms with E-state index >= 15 is 0 Å². The molecular formula is C16H21NO5. The summed E-state index contributed by atoms with van der Waals surface area (Å²) in [5, 5.41) is 2.68. The summed E-state index contributed by atoms with van der Waals surface area (Å²) in [6, 6.07) is 8.89. The Morgan fingerprint density at radius 2 is 1.95 bits per heavy atom. The van der Waals surface area contributed by atoms with E-state index in [1.807, 2.05) is 30.3 Å². The van der Waals surface area contributed by atoms with Gasteiger partial charge in [-0.2, -0.15) is 0 Å². The van der Waals surface area contributed by atoms with Gasteiger partial charge >= 0.3 is 5.97 Å². The van der Waals surface area contributed by atoms with Crippen molar-refractivity contribution in [3.05, 3.63) is 35.9 Å². The Morgan fingerprint density at radius 1 is 1.27 bits per heavy atom. The van der Waals surface area contributed by atoms with Crippen LogP contribution < -0.4 is 5.32 Å². The highest BCUT2D eigenvalue weighted by Gasteiger charge is 2.26. The van der Waals surface area contributed by atoms with Crippen molar-refractivity contribution in [1.82, 2.24) is 5.32 Å². The Hall–Kier alpha value is -2.37. The standard InChI is InChI=1S/C16H21NO5/c1-12(15(17-13(2)19)8-9-21-11-18)16(20)22-10-14-6-4-3-5-7-14/h3-7,11-12,15H,8-10H2,1-2H3,(H,17,19). The van der Waals surface area contributed by atoms with Crippen molar-refractivity contribution < 1.29 is 23.9 Å². The number of esters is 1. The Morgan fingerprint density at radius 3 is 2.55 bits per heavy atom. The zero-order chi connectivity index (χ0) is 16.4. The Labute approximate surface area is 129 Å². The van der Waals surface area contributed by atoms with Gasteiger partial charge in [0.1, 0.15) is 6.61 Å². The minimum atomic E-state index is -0.539. The summed E-state index contributed by atoms with van der Waals surface area (Å²) in [6.45, 7) is 3.69. The molecule has 6 nitrogen and oxygen atoms in total. The molecule has 2 unspecified atom stereocenters. The van der Waals surface area contributed by atoms with E-state index in [2.05, 4.69) is 10.1 Å². The molecule has 1 aromatic rings. The van der Waals surface area contributed by atoms with Crippen LogP contribution in [0.3, 0.4) is 0 Å². The Bertz CT molecular complexity index is 489.